The number of rotatable bonds is 4. The maximum Gasteiger partial charge on any atom is 0.158 e. The van der Waals surface area contributed by atoms with Crippen molar-refractivity contribution in [3.8, 4) is 5.75 Å². The van der Waals surface area contributed by atoms with Gasteiger partial charge in [-0.05, 0) is 41.9 Å². The van der Waals surface area contributed by atoms with Crippen molar-refractivity contribution in [2.75, 3.05) is 6.61 Å². The fourth-order valence-electron chi connectivity index (χ4n) is 1.86. The van der Waals surface area contributed by atoms with Gasteiger partial charge in [0, 0.05) is 11.2 Å². The van der Waals surface area contributed by atoms with Gasteiger partial charge in [0.1, 0.15) is 18.0 Å². The lowest BCUT2D eigenvalue weighted by Crippen LogP contribution is -2.44. The molecule has 0 saturated heterocycles. The Kier molecular flexibility index (Phi) is 4.78. The van der Waals surface area contributed by atoms with Crippen molar-refractivity contribution in [1.29, 1.82) is 0 Å². The van der Waals surface area contributed by atoms with Crippen molar-refractivity contribution in [1.82, 2.24) is 4.98 Å². The Bertz CT molecular complexity index is 657. The number of thiazole rings is 1. The van der Waals surface area contributed by atoms with Crippen LogP contribution in [0.2, 0.25) is 5.02 Å². The van der Waals surface area contributed by atoms with Gasteiger partial charge in [0.15, 0.2) is 3.95 Å². The summed E-state index contributed by atoms with van der Waals surface area (Å²) in [5.41, 5.74) is -1.54. The third kappa shape index (κ3) is 3.66. The maximum atomic E-state index is 11.1. The molecule has 0 spiro atoms. The summed E-state index contributed by atoms with van der Waals surface area (Å²) in [5.74, 6) is 0.668. The summed E-state index contributed by atoms with van der Waals surface area (Å²) < 4.78 is 6.40. The third-order valence-electron chi connectivity index (χ3n) is 3.43. The van der Waals surface area contributed by atoms with Gasteiger partial charge in [-0.25, -0.2) is 0 Å². The number of aromatic amines is 1. The van der Waals surface area contributed by atoms with Crippen molar-refractivity contribution in [3.05, 3.63) is 44.3 Å². The minimum absolute atomic E-state index is 0.140. The Labute approximate surface area is 138 Å². The molecule has 0 fully saturated rings. The van der Waals surface area contributed by atoms with Crippen molar-refractivity contribution >= 4 is 35.2 Å². The van der Waals surface area contributed by atoms with E-state index in [0.717, 1.165) is 4.88 Å². The van der Waals surface area contributed by atoms with E-state index < -0.39 is 11.0 Å². The van der Waals surface area contributed by atoms with Gasteiger partial charge in [-0.2, -0.15) is 0 Å². The highest BCUT2D eigenvalue weighted by atomic mass is 35.5. The fourth-order valence-corrected chi connectivity index (χ4v) is 3.29. The standard InChI is InChI=1S/C15H18ClNO2S2/c1-14(2,3)15(18,12-8-17-13(20)21-12)9-19-11-6-4-10(16)5-7-11/h4-8,18H,9H2,1-3H3,(H,17,20). The highest BCUT2D eigenvalue weighted by Gasteiger charge is 2.44. The molecule has 0 saturated carbocycles. The van der Waals surface area contributed by atoms with Gasteiger partial charge < -0.3 is 14.8 Å². The molecule has 0 bridgehead atoms. The van der Waals surface area contributed by atoms with Crippen LogP contribution >= 0.6 is 35.2 Å². The SMILES string of the molecule is CC(C)(C)C(O)(COc1ccc(Cl)cc1)c1c[nH]c(=S)s1. The molecule has 0 radical (unpaired) electrons. The van der Waals surface area contributed by atoms with E-state index in [4.69, 9.17) is 28.6 Å². The number of halogens is 1. The number of ether oxygens (including phenoxy) is 1. The molecule has 2 rings (SSSR count). The Morgan fingerprint density at radius 2 is 1.90 bits per heavy atom. The zero-order valence-electron chi connectivity index (χ0n) is 12.1. The lowest BCUT2D eigenvalue weighted by atomic mass is 9.76. The van der Waals surface area contributed by atoms with E-state index in [9.17, 15) is 5.11 Å². The number of hydrogen-bond acceptors (Lipinski definition) is 4. The summed E-state index contributed by atoms with van der Waals surface area (Å²) >= 11 is 12.3. The maximum absolute atomic E-state index is 11.1. The molecule has 1 aromatic heterocycles. The monoisotopic (exact) mass is 343 g/mol. The van der Waals surface area contributed by atoms with Crippen LogP contribution in [-0.4, -0.2) is 16.7 Å². The summed E-state index contributed by atoms with van der Waals surface area (Å²) in [7, 11) is 0. The van der Waals surface area contributed by atoms with Crippen LogP contribution in [0.15, 0.2) is 30.5 Å². The number of hydrogen-bond donors (Lipinski definition) is 2. The zero-order valence-corrected chi connectivity index (χ0v) is 14.5. The molecule has 1 heterocycles. The molecule has 6 heteroatoms. The number of benzene rings is 1. The van der Waals surface area contributed by atoms with E-state index in [0.29, 0.717) is 14.7 Å². The molecule has 114 valence electrons. The lowest BCUT2D eigenvalue weighted by molar-refractivity contribution is -0.0918. The highest BCUT2D eigenvalue weighted by Crippen LogP contribution is 2.41. The van der Waals surface area contributed by atoms with Crippen LogP contribution in [0.1, 0.15) is 25.6 Å². The third-order valence-corrected chi connectivity index (χ3v) is 5.03. The summed E-state index contributed by atoms with van der Waals surface area (Å²) in [5, 5.41) is 11.8. The summed E-state index contributed by atoms with van der Waals surface area (Å²) in [6.45, 7) is 6.06. The largest absolute Gasteiger partial charge is 0.490 e. The molecule has 0 aliphatic carbocycles. The molecule has 2 aromatic rings. The molecule has 2 N–H and O–H groups in total. The first kappa shape index (κ1) is 16.5. The Morgan fingerprint density at radius 1 is 1.29 bits per heavy atom. The second kappa shape index (κ2) is 6.08. The molecular formula is C15H18ClNO2S2. The van der Waals surface area contributed by atoms with E-state index in [1.165, 1.54) is 11.3 Å². The molecule has 0 aliphatic rings. The molecule has 1 atom stereocenters. The van der Waals surface area contributed by atoms with Gasteiger partial charge in [-0.3, -0.25) is 0 Å². The first-order valence-corrected chi connectivity index (χ1v) is 8.12. The second-order valence-corrected chi connectivity index (χ2v) is 8.05. The quantitative estimate of drug-likeness (QED) is 0.786. The van der Waals surface area contributed by atoms with Crippen LogP contribution in [0, 0.1) is 9.37 Å². The van der Waals surface area contributed by atoms with Crippen molar-refractivity contribution in [3.63, 3.8) is 0 Å². The molecule has 21 heavy (non-hydrogen) atoms. The fraction of sp³-hybridized carbons (Fsp3) is 0.400. The summed E-state index contributed by atoms with van der Waals surface area (Å²) in [6, 6.07) is 7.08. The van der Waals surface area contributed by atoms with Crippen molar-refractivity contribution < 1.29 is 9.84 Å². The van der Waals surface area contributed by atoms with Crippen molar-refractivity contribution in [2.24, 2.45) is 5.41 Å². The van der Waals surface area contributed by atoms with E-state index >= 15 is 0 Å². The number of H-pyrrole nitrogens is 1. The van der Waals surface area contributed by atoms with Gasteiger partial charge in [0.05, 0.1) is 4.88 Å². The van der Waals surface area contributed by atoms with E-state index in [2.05, 4.69) is 4.98 Å². The van der Waals surface area contributed by atoms with E-state index in [-0.39, 0.29) is 6.61 Å². The predicted octanol–water partition coefficient (Wildman–Crippen LogP) is 4.77. The smallest absolute Gasteiger partial charge is 0.158 e. The van der Waals surface area contributed by atoms with Crippen LogP contribution in [-0.2, 0) is 5.60 Å². The predicted molar refractivity (Wildman–Crippen MR) is 89.8 cm³/mol. The van der Waals surface area contributed by atoms with E-state index in [1.54, 1.807) is 30.5 Å². The minimum Gasteiger partial charge on any atom is -0.490 e. The molecule has 0 amide bonds. The Hall–Kier alpha value is -0.880. The number of aromatic nitrogens is 1. The van der Waals surface area contributed by atoms with Gasteiger partial charge in [0.2, 0.25) is 0 Å². The average Bonchev–Trinajstić information content (AvgIpc) is 2.83. The molecular weight excluding hydrogens is 326 g/mol. The first-order chi connectivity index (χ1) is 9.72. The van der Waals surface area contributed by atoms with Crippen LogP contribution < -0.4 is 4.74 Å². The molecule has 1 unspecified atom stereocenters. The van der Waals surface area contributed by atoms with Gasteiger partial charge in [0.25, 0.3) is 0 Å². The second-order valence-electron chi connectivity index (χ2n) is 5.90. The average molecular weight is 344 g/mol. The number of nitrogens with one attached hydrogen (secondary N) is 1. The zero-order chi connectivity index (χ0) is 15.7. The minimum atomic E-state index is -1.13. The molecule has 3 nitrogen and oxygen atoms in total. The summed E-state index contributed by atoms with van der Waals surface area (Å²) in [6.07, 6.45) is 1.75. The normalized spacial score (nSPS) is 14.7. The van der Waals surface area contributed by atoms with Gasteiger partial charge >= 0.3 is 0 Å². The van der Waals surface area contributed by atoms with Gasteiger partial charge in [-0.15, -0.1) is 11.3 Å². The first-order valence-electron chi connectivity index (χ1n) is 6.52. The van der Waals surface area contributed by atoms with Crippen molar-refractivity contribution in [2.45, 2.75) is 26.4 Å². The Balaban J connectivity index is 2.25. The van der Waals surface area contributed by atoms with Crippen LogP contribution in [0.5, 0.6) is 5.75 Å². The molecule has 0 aliphatic heterocycles. The summed E-state index contributed by atoms with van der Waals surface area (Å²) in [4.78, 5) is 3.72. The number of aliphatic hydroxyl groups is 1. The van der Waals surface area contributed by atoms with Crippen LogP contribution in [0.3, 0.4) is 0 Å². The van der Waals surface area contributed by atoms with Crippen LogP contribution in [0.4, 0.5) is 0 Å². The molecule has 1 aromatic carbocycles. The van der Waals surface area contributed by atoms with Crippen LogP contribution in [0.25, 0.3) is 0 Å². The van der Waals surface area contributed by atoms with E-state index in [1.807, 2.05) is 20.8 Å². The Morgan fingerprint density at radius 3 is 2.38 bits per heavy atom. The highest BCUT2D eigenvalue weighted by molar-refractivity contribution is 7.73. The van der Waals surface area contributed by atoms with Gasteiger partial charge in [-0.1, -0.05) is 32.4 Å². The topological polar surface area (TPSA) is 45.2 Å². The lowest BCUT2D eigenvalue weighted by Gasteiger charge is -2.39.